The van der Waals surface area contributed by atoms with Crippen molar-refractivity contribution in [1.29, 1.82) is 0 Å². The van der Waals surface area contributed by atoms with Crippen molar-refractivity contribution in [3.63, 3.8) is 0 Å². The third-order valence-corrected chi connectivity index (χ3v) is 4.84. The van der Waals surface area contributed by atoms with Crippen molar-refractivity contribution in [1.82, 2.24) is 9.88 Å². The Kier molecular flexibility index (Phi) is 6.59. The fourth-order valence-electron chi connectivity index (χ4n) is 3.33. The monoisotopic (exact) mass is 399 g/mol. The second kappa shape index (κ2) is 9.13. The van der Waals surface area contributed by atoms with E-state index in [1.54, 1.807) is 0 Å². The molecule has 1 aliphatic heterocycles. The summed E-state index contributed by atoms with van der Waals surface area (Å²) in [6.07, 6.45) is 0.0819. The molecular weight excluding hydrogens is 370 g/mol. The lowest BCUT2D eigenvalue weighted by molar-refractivity contribution is -0.147. The smallest absolute Gasteiger partial charge is 0.309 e. The Hall–Kier alpha value is -2.80. The van der Waals surface area contributed by atoms with Gasteiger partial charge in [0.2, 0.25) is 0 Å². The number of carbonyl (C=O) groups is 1. The maximum Gasteiger partial charge on any atom is 0.309 e. The number of hydrogen-bond acceptors (Lipinski definition) is 6. The number of hydrogen-bond donors (Lipinski definition) is 2. The van der Waals surface area contributed by atoms with E-state index in [0.717, 1.165) is 34.9 Å². The summed E-state index contributed by atoms with van der Waals surface area (Å²) < 4.78 is 11.7. The van der Waals surface area contributed by atoms with Gasteiger partial charge in [-0.25, -0.2) is 4.98 Å². The molecule has 0 atom stereocenters. The van der Waals surface area contributed by atoms with Crippen molar-refractivity contribution < 1.29 is 19.4 Å². The number of rotatable bonds is 9. The normalized spacial score (nSPS) is 14.5. The molecular formula is C22H29N3O4. The molecule has 1 fully saturated rings. The molecule has 0 unspecified atom stereocenters. The zero-order chi connectivity index (χ0) is 21.0. The van der Waals surface area contributed by atoms with Crippen LogP contribution in [0, 0.1) is 12.8 Å². The number of aromatic nitrogens is 1. The second-order valence-electron chi connectivity index (χ2n) is 7.68. The molecule has 2 heterocycles. The summed E-state index contributed by atoms with van der Waals surface area (Å²) >= 11 is 0. The Balaban J connectivity index is 1.57. The molecule has 29 heavy (non-hydrogen) atoms. The highest BCUT2D eigenvalue weighted by molar-refractivity contribution is 5.71. The minimum absolute atomic E-state index is 0.0819. The third-order valence-electron chi connectivity index (χ3n) is 4.84. The molecule has 0 radical (unpaired) electrons. The Labute approximate surface area is 171 Å². The van der Waals surface area contributed by atoms with Gasteiger partial charge in [-0.3, -0.25) is 9.69 Å². The maximum absolute atomic E-state index is 10.9. The van der Waals surface area contributed by atoms with Gasteiger partial charge in [0, 0.05) is 26.7 Å². The average molecular weight is 399 g/mol. The van der Waals surface area contributed by atoms with Gasteiger partial charge in [-0.1, -0.05) is 12.1 Å². The number of nitrogens with zero attached hydrogens (tertiary/aromatic N) is 2. The topological polar surface area (TPSA) is 83.9 Å². The number of aliphatic carboxylic acids is 1. The van der Waals surface area contributed by atoms with Gasteiger partial charge in [0.15, 0.2) is 11.6 Å². The molecule has 0 amide bonds. The fraction of sp³-hybridized carbons (Fsp3) is 0.455. The number of benzene rings is 1. The SMILES string of the molecule is CNc1nc(COc2ccc(CN3CC(C(=O)O)C3)cc2C)ccc1OC(C)C. The first kappa shape index (κ1) is 20.9. The lowest BCUT2D eigenvalue weighted by Crippen LogP contribution is -2.49. The van der Waals surface area contributed by atoms with Crippen LogP contribution in [-0.2, 0) is 17.9 Å². The summed E-state index contributed by atoms with van der Waals surface area (Å²) in [4.78, 5) is 17.6. The number of nitrogens with one attached hydrogen (secondary N) is 1. The van der Waals surface area contributed by atoms with Crippen LogP contribution in [0.25, 0.3) is 0 Å². The molecule has 7 nitrogen and oxygen atoms in total. The Morgan fingerprint density at radius 2 is 2.00 bits per heavy atom. The quantitative estimate of drug-likeness (QED) is 0.669. The van der Waals surface area contributed by atoms with Crippen molar-refractivity contribution in [2.75, 3.05) is 25.5 Å². The molecule has 3 rings (SSSR count). The zero-order valence-electron chi connectivity index (χ0n) is 17.4. The zero-order valence-corrected chi connectivity index (χ0v) is 17.4. The van der Waals surface area contributed by atoms with Crippen LogP contribution < -0.4 is 14.8 Å². The van der Waals surface area contributed by atoms with Crippen LogP contribution >= 0.6 is 0 Å². The van der Waals surface area contributed by atoms with Crippen molar-refractivity contribution in [3.8, 4) is 11.5 Å². The van der Waals surface area contributed by atoms with Crippen molar-refractivity contribution >= 4 is 11.8 Å². The van der Waals surface area contributed by atoms with E-state index in [0.29, 0.717) is 25.5 Å². The maximum atomic E-state index is 10.9. The number of carboxylic acid groups (broad SMARTS) is 1. The number of ether oxygens (including phenoxy) is 2. The number of carboxylic acids is 1. The van der Waals surface area contributed by atoms with Gasteiger partial charge in [-0.15, -0.1) is 0 Å². The minimum atomic E-state index is -0.708. The number of anilines is 1. The highest BCUT2D eigenvalue weighted by Gasteiger charge is 2.32. The molecule has 2 aromatic rings. The van der Waals surface area contributed by atoms with Gasteiger partial charge in [-0.05, 0) is 50.1 Å². The first-order valence-electron chi connectivity index (χ1n) is 9.87. The van der Waals surface area contributed by atoms with Crippen molar-refractivity contribution in [3.05, 3.63) is 47.2 Å². The number of pyridine rings is 1. The van der Waals surface area contributed by atoms with Crippen molar-refractivity contribution in [2.24, 2.45) is 5.92 Å². The van der Waals surface area contributed by atoms with Gasteiger partial charge in [0.1, 0.15) is 12.4 Å². The highest BCUT2D eigenvalue weighted by Crippen LogP contribution is 2.26. The van der Waals surface area contributed by atoms with Crippen LogP contribution in [0.3, 0.4) is 0 Å². The molecule has 1 aromatic carbocycles. The highest BCUT2D eigenvalue weighted by atomic mass is 16.5. The molecule has 7 heteroatoms. The lowest BCUT2D eigenvalue weighted by atomic mass is 9.99. The summed E-state index contributed by atoms with van der Waals surface area (Å²) in [5.41, 5.74) is 3.02. The summed E-state index contributed by atoms with van der Waals surface area (Å²) in [7, 11) is 1.82. The molecule has 1 saturated heterocycles. The molecule has 0 bridgehead atoms. The van der Waals surface area contributed by atoms with Crippen molar-refractivity contribution in [2.45, 2.75) is 40.0 Å². The molecule has 156 valence electrons. The largest absolute Gasteiger partial charge is 0.487 e. The van der Waals surface area contributed by atoms with E-state index in [9.17, 15) is 4.79 Å². The number of aryl methyl sites for hydroxylation is 1. The summed E-state index contributed by atoms with van der Waals surface area (Å²) in [5, 5.41) is 12.0. The van der Waals surface area contributed by atoms with E-state index in [1.165, 1.54) is 0 Å². The molecule has 2 N–H and O–H groups in total. The predicted molar refractivity (Wildman–Crippen MR) is 111 cm³/mol. The lowest BCUT2D eigenvalue weighted by Gasteiger charge is -2.36. The summed E-state index contributed by atoms with van der Waals surface area (Å²) in [6, 6.07) is 9.90. The van der Waals surface area contributed by atoms with E-state index >= 15 is 0 Å². The van der Waals surface area contributed by atoms with Crippen LogP contribution in [0.5, 0.6) is 11.5 Å². The predicted octanol–water partition coefficient (Wildman–Crippen LogP) is 3.31. The summed E-state index contributed by atoms with van der Waals surface area (Å²) in [6.45, 7) is 8.33. The molecule has 0 spiro atoms. The van der Waals surface area contributed by atoms with Crippen LogP contribution in [0.15, 0.2) is 30.3 Å². The van der Waals surface area contributed by atoms with Crippen LogP contribution in [0.1, 0.15) is 30.7 Å². The number of likely N-dealkylation sites (tertiary alicyclic amines) is 1. The Morgan fingerprint density at radius 1 is 1.28 bits per heavy atom. The standard InChI is InChI=1S/C22H29N3O4/c1-14(2)29-20-8-6-18(24-21(20)23-4)13-28-19-7-5-16(9-15(19)3)10-25-11-17(12-25)22(26)27/h5-9,14,17H,10-13H2,1-4H3,(H,23,24)(H,26,27). The summed E-state index contributed by atoms with van der Waals surface area (Å²) in [5.74, 6) is 1.30. The van der Waals surface area contributed by atoms with Gasteiger partial charge in [0.05, 0.1) is 17.7 Å². The van der Waals surface area contributed by atoms with Gasteiger partial charge < -0.3 is 19.9 Å². The van der Waals surface area contributed by atoms with E-state index in [-0.39, 0.29) is 12.0 Å². The van der Waals surface area contributed by atoms with Gasteiger partial charge in [0.25, 0.3) is 0 Å². The van der Waals surface area contributed by atoms with E-state index in [2.05, 4.69) is 21.3 Å². The first-order chi connectivity index (χ1) is 13.9. The Morgan fingerprint density at radius 3 is 2.62 bits per heavy atom. The minimum Gasteiger partial charge on any atom is -0.487 e. The third kappa shape index (κ3) is 5.38. The van der Waals surface area contributed by atoms with Gasteiger partial charge in [-0.2, -0.15) is 0 Å². The molecule has 1 aromatic heterocycles. The van der Waals surface area contributed by atoms with Crippen LogP contribution in [0.2, 0.25) is 0 Å². The second-order valence-corrected chi connectivity index (χ2v) is 7.68. The average Bonchev–Trinajstić information content (AvgIpc) is 2.63. The molecule has 1 aliphatic rings. The van der Waals surface area contributed by atoms with Crippen LogP contribution in [0.4, 0.5) is 5.82 Å². The van der Waals surface area contributed by atoms with E-state index in [4.69, 9.17) is 14.6 Å². The van der Waals surface area contributed by atoms with E-state index in [1.807, 2.05) is 52.1 Å². The molecule has 0 saturated carbocycles. The molecule has 0 aliphatic carbocycles. The van der Waals surface area contributed by atoms with E-state index < -0.39 is 5.97 Å². The Bertz CT molecular complexity index is 863. The fourth-order valence-corrected chi connectivity index (χ4v) is 3.33. The van der Waals surface area contributed by atoms with Gasteiger partial charge >= 0.3 is 5.97 Å². The van der Waals surface area contributed by atoms with Crippen LogP contribution in [-0.4, -0.2) is 47.2 Å². The first-order valence-corrected chi connectivity index (χ1v) is 9.87.